The molecular weight excluding hydrogens is 433 g/mol. The van der Waals surface area contributed by atoms with Crippen molar-refractivity contribution in [2.45, 2.75) is 13.5 Å². The summed E-state index contributed by atoms with van der Waals surface area (Å²) in [5.41, 5.74) is 4.71. The summed E-state index contributed by atoms with van der Waals surface area (Å²) in [5, 5.41) is 6.98. The van der Waals surface area contributed by atoms with E-state index >= 15 is 0 Å². The second kappa shape index (κ2) is 9.11. The third kappa shape index (κ3) is 4.33. The SMILES string of the molecule is Cc1onc(-c2cccc(F)c2)c1-c1cnc(-c2ccc(C(=O)NCc3ccccn3)cc2)[nH]1. The second-order valence-corrected chi connectivity index (χ2v) is 7.70. The van der Waals surface area contributed by atoms with Crippen molar-refractivity contribution >= 4 is 5.91 Å². The van der Waals surface area contributed by atoms with Gasteiger partial charge in [-0.25, -0.2) is 9.37 Å². The van der Waals surface area contributed by atoms with Gasteiger partial charge in [-0.2, -0.15) is 0 Å². The molecule has 2 aromatic carbocycles. The third-order valence-corrected chi connectivity index (χ3v) is 5.38. The maximum absolute atomic E-state index is 13.7. The van der Waals surface area contributed by atoms with Gasteiger partial charge in [-0.15, -0.1) is 0 Å². The van der Waals surface area contributed by atoms with Crippen molar-refractivity contribution in [3.63, 3.8) is 0 Å². The Morgan fingerprint density at radius 1 is 1.03 bits per heavy atom. The lowest BCUT2D eigenvalue weighted by molar-refractivity contribution is 0.0950. The molecule has 0 radical (unpaired) electrons. The number of aromatic nitrogens is 4. The first-order valence-corrected chi connectivity index (χ1v) is 10.6. The highest BCUT2D eigenvalue weighted by Gasteiger charge is 2.19. The van der Waals surface area contributed by atoms with Crippen molar-refractivity contribution in [3.05, 3.63) is 102 Å². The van der Waals surface area contributed by atoms with Crippen LogP contribution in [0.25, 0.3) is 33.9 Å². The van der Waals surface area contributed by atoms with Crippen LogP contribution in [0.1, 0.15) is 21.8 Å². The first kappa shape index (κ1) is 21.3. The molecule has 0 aliphatic carbocycles. The summed E-state index contributed by atoms with van der Waals surface area (Å²) < 4.78 is 19.1. The molecule has 0 fully saturated rings. The van der Waals surface area contributed by atoms with Crippen molar-refractivity contribution in [1.82, 2.24) is 25.4 Å². The Balaban J connectivity index is 1.35. The van der Waals surface area contributed by atoms with Gasteiger partial charge >= 0.3 is 0 Å². The number of carbonyl (C=O) groups excluding carboxylic acids is 1. The van der Waals surface area contributed by atoms with Crippen LogP contribution in [0.4, 0.5) is 4.39 Å². The Morgan fingerprint density at radius 2 is 1.88 bits per heavy atom. The zero-order chi connectivity index (χ0) is 23.5. The third-order valence-electron chi connectivity index (χ3n) is 5.38. The molecule has 0 unspecified atom stereocenters. The summed E-state index contributed by atoms with van der Waals surface area (Å²) in [6, 6.07) is 18.9. The topological polar surface area (TPSA) is 96.7 Å². The zero-order valence-electron chi connectivity index (χ0n) is 18.2. The van der Waals surface area contributed by atoms with Crippen LogP contribution in [0.3, 0.4) is 0 Å². The van der Waals surface area contributed by atoms with Crippen LogP contribution in [-0.4, -0.2) is 26.0 Å². The van der Waals surface area contributed by atoms with Gasteiger partial charge in [-0.1, -0.05) is 35.5 Å². The molecule has 0 aliphatic rings. The minimum atomic E-state index is -0.349. The number of aromatic amines is 1. The molecule has 8 heteroatoms. The first-order valence-electron chi connectivity index (χ1n) is 10.6. The standard InChI is InChI=1S/C26H20FN5O2/c1-16-23(24(32-34-16)19-5-4-6-20(27)13-19)22-15-29-25(31-22)17-8-10-18(11-9-17)26(33)30-14-21-7-2-3-12-28-21/h2-13,15H,14H2,1H3,(H,29,31)(H,30,33). The van der Waals surface area contributed by atoms with Gasteiger partial charge in [0.25, 0.3) is 5.91 Å². The fraction of sp³-hybridized carbons (Fsp3) is 0.0769. The number of benzene rings is 2. The van der Waals surface area contributed by atoms with Crippen LogP contribution >= 0.6 is 0 Å². The molecule has 168 valence electrons. The van der Waals surface area contributed by atoms with Gasteiger partial charge in [0.15, 0.2) is 0 Å². The number of nitrogens with zero attached hydrogens (tertiary/aromatic N) is 3. The van der Waals surface area contributed by atoms with E-state index < -0.39 is 0 Å². The number of aryl methyl sites for hydroxylation is 1. The van der Waals surface area contributed by atoms with Crippen LogP contribution in [0, 0.1) is 12.7 Å². The van der Waals surface area contributed by atoms with E-state index in [1.807, 2.05) is 30.3 Å². The number of halogens is 1. The van der Waals surface area contributed by atoms with E-state index in [4.69, 9.17) is 4.52 Å². The summed E-state index contributed by atoms with van der Waals surface area (Å²) in [7, 11) is 0. The van der Waals surface area contributed by atoms with Crippen LogP contribution < -0.4 is 5.32 Å². The number of carbonyl (C=O) groups is 1. The summed E-state index contributed by atoms with van der Waals surface area (Å²) in [6.45, 7) is 2.15. The van der Waals surface area contributed by atoms with Gasteiger partial charge in [-0.3, -0.25) is 9.78 Å². The first-order chi connectivity index (χ1) is 16.6. The quantitative estimate of drug-likeness (QED) is 0.370. The highest BCUT2D eigenvalue weighted by atomic mass is 19.1. The molecule has 3 aromatic heterocycles. The van der Waals surface area contributed by atoms with Crippen LogP contribution in [0.2, 0.25) is 0 Å². The molecule has 0 spiro atoms. The number of hydrogen-bond donors (Lipinski definition) is 2. The average molecular weight is 453 g/mol. The van der Waals surface area contributed by atoms with Gasteiger partial charge in [0.1, 0.15) is 23.1 Å². The number of H-pyrrole nitrogens is 1. The molecule has 2 N–H and O–H groups in total. The minimum Gasteiger partial charge on any atom is -0.360 e. The number of pyridine rings is 1. The maximum Gasteiger partial charge on any atom is 0.251 e. The maximum atomic E-state index is 13.7. The second-order valence-electron chi connectivity index (χ2n) is 7.70. The molecule has 0 saturated carbocycles. The molecule has 0 saturated heterocycles. The lowest BCUT2D eigenvalue weighted by Gasteiger charge is -2.05. The molecule has 34 heavy (non-hydrogen) atoms. The summed E-state index contributed by atoms with van der Waals surface area (Å²) >= 11 is 0. The fourth-order valence-corrected chi connectivity index (χ4v) is 3.67. The number of amides is 1. The van der Waals surface area contributed by atoms with Gasteiger partial charge in [0, 0.05) is 22.9 Å². The van der Waals surface area contributed by atoms with Crippen molar-refractivity contribution in [2.24, 2.45) is 0 Å². The number of nitrogens with one attached hydrogen (secondary N) is 2. The van der Waals surface area contributed by atoms with E-state index in [0.29, 0.717) is 40.6 Å². The van der Waals surface area contributed by atoms with Crippen LogP contribution in [-0.2, 0) is 6.54 Å². The van der Waals surface area contributed by atoms with Crippen molar-refractivity contribution < 1.29 is 13.7 Å². The fourth-order valence-electron chi connectivity index (χ4n) is 3.67. The summed E-state index contributed by atoms with van der Waals surface area (Å²) in [4.78, 5) is 24.4. The number of hydrogen-bond acceptors (Lipinski definition) is 5. The molecule has 0 aliphatic heterocycles. The van der Waals surface area contributed by atoms with Crippen LogP contribution in [0.15, 0.2) is 83.6 Å². The molecular formula is C26H20FN5O2. The van der Waals surface area contributed by atoms with E-state index in [1.54, 1.807) is 43.6 Å². The predicted octanol–water partition coefficient (Wildman–Crippen LogP) is 5.17. The van der Waals surface area contributed by atoms with Gasteiger partial charge in [0.05, 0.1) is 29.7 Å². The van der Waals surface area contributed by atoms with E-state index in [2.05, 4.69) is 25.4 Å². The molecule has 7 nitrogen and oxygen atoms in total. The van der Waals surface area contributed by atoms with E-state index in [1.165, 1.54) is 12.1 Å². The van der Waals surface area contributed by atoms with Crippen molar-refractivity contribution in [3.8, 4) is 33.9 Å². The van der Waals surface area contributed by atoms with Gasteiger partial charge < -0.3 is 14.8 Å². The Hall–Kier alpha value is -4.59. The molecule has 0 bridgehead atoms. The molecule has 5 rings (SSSR count). The van der Waals surface area contributed by atoms with E-state index in [-0.39, 0.29) is 11.7 Å². The van der Waals surface area contributed by atoms with E-state index in [9.17, 15) is 9.18 Å². The lowest BCUT2D eigenvalue weighted by Crippen LogP contribution is -2.23. The Kier molecular flexibility index (Phi) is 5.70. The summed E-state index contributed by atoms with van der Waals surface area (Å²) in [6.07, 6.45) is 3.38. The molecule has 5 aromatic rings. The minimum absolute atomic E-state index is 0.183. The average Bonchev–Trinajstić information content (AvgIpc) is 3.50. The monoisotopic (exact) mass is 453 g/mol. The Morgan fingerprint density at radius 3 is 2.65 bits per heavy atom. The van der Waals surface area contributed by atoms with Gasteiger partial charge in [0.2, 0.25) is 0 Å². The molecule has 1 amide bonds. The highest BCUT2D eigenvalue weighted by Crippen LogP contribution is 2.34. The summed E-state index contributed by atoms with van der Waals surface area (Å²) in [5.74, 6) is 0.686. The Bertz CT molecular complexity index is 1440. The number of rotatable bonds is 6. The number of imidazole rings is 1. The lowest BCUT2D eigenvalue weighted by atomic mass is 10.0. The van der Waals surface area contributed by atoms with Crippen molar-refractivity contribution in [2.75, 3.05) is 0 Å². The smallest absolute Gasteiger partial charge is 0.251 e. The zero-order valence-corrected chi connectivity index (χ0v) is 18.2. The normalized spacial score (nSPS) is 10.9. The van der Waals surface area contributed by atoms with E-state index in [0.717, 1.165) is 16.8 Å². The van der Waals surface area contributed by atoms with Gasteiger partial charge in [-0.05, 0) is 43.3 Å². The highest BCUT2D eigenvalue weighted by molar-refractivity contribution is 5.94. The molecule has 3 heterocycles. The Labute approximate surface area is 194 Å². The van der Waals surface area contributed by atoms with Crippen molar-refractivity contribution in [1.29, 1.82) is 0 Å². The van der Waals surface area contributed by atoms with Crippen LogP contribution in [0.5, 0.6) is 0 Å². The predicted molar refractivity (Wildman–Crippen MR) is 125 cm³/mol. The molecule has 0 atom stereocenters. The largest absolute Gasteiger partial charge is 0.360 e.